The first-order valence-electron chi connectivity index (χ1n) is 28.7. The molecule has 0 rings (SSSR count). The van der Waals surface area contributed by atoms with Crippen molar-refractivity contribution in [2.45, 2.75) is 271 Å². The van der Waals surface area contributed by atoms with Crippen LogP contribution in [0.2, 0.25) is 0 Å². The number of carbonyl (C=O) groups is 3. The van der Waals surface area contributed by atoms with Gasteiger partial charge in [0.1, 0.15) is 13.2 Å². The molecule has 6 nitrogen and oxygen atoms in total. The van der Waals surface area contributed by atoms with Crippen LogP contribution < -0.4 is 0 Å². The number of hydrogen-bond donors (Lipinski definition) is 0. The van der Waals surface area contributed by atoms with Gasteiger partial charge >= 0.3 is 17.9 Å². The molecule has 0 aliphatic rings. The number of ether oxygens (including phenoxy) is 3. The van der Waals surface area contributed by atoms with Crippen LogP contribution in [0.3, 0.4) is 0 Å². The first-order chi connectivity index (χ1) is 34.0. The molecule has 0 amide bonds. The topological polar surface area (TPSA) is 78.9 Å². The Labute approximate surface area is 426 Å². The van der Waals surface area contributed by atoms with Crippen molar-refractivity contribution < 1.29 is 28.6 Å². The zero-order valence-corrected chi connectivity index (χ0v) is 45.0. The lowest BCUT2D eigenvalue weighted by Gasteiger charge is -2.18. The molecule has 0 radical (unpaired) electrons. The Morgan fingerprint density at radius 1 is 0.290 bits per heavy atom. The minimum atomic E-state index is -0.805. The van der Waals surface area contributed by atoms with Crippen molar-refractivity contribution in [1.82, 2.24) is 0 Å². The molecule has 0 N–H and O–H groups in total. The van der Waals surface area contributed by atoms with E-state index in [0.717, 1.165) is 109 Å². The van der Waals surface area contributed by atoms with Gasteiger partial charge in [-0.3, -0.25) is 14.4 Å². The summed E-state index contributed by atoms with van der Waals surface area (Å²) in [5, 5.41) is 0. The summed E-state index contributed by atoms with van der Waals surface area (Å²) in [6.07, 6.45) is 75.3. The highest BCUT2D eigenvalue weighted by atomic mass is 16.6. The van der Waals surface area contributed by atoms with Crippen molar-refractivity contribution in [1.29, 1.82) is 0 Å². The second-order valence-electron chi connectivity index (χ2n) is 18.8. The summed E-state index contributed by atoms with van der Waals surface area (Å²) in [7, 11) is 0. The molecule has 0 aliphatic carbocycles. The molecule has 0 aromatic rings. The van der Waals surface area contributed by atoms with Gasteiger partial charge in [0.25, 0.3) is 0 Å². The molecule has 0 unspecified atom stereocenters. The summed E-state index contributed by atoms with van der Waals surface area (Å²) in [6.45, 7) is 6.51. The van der Waals surface area contributed by atoms with Gasteiger partial charge in [0.05, 0.1) is 0 Å². The molecule has 1 atom stereocenters. The SMILES string of the molecule is CCCCC/C=C\C/C=C\C/C=C\CCCCCCCCC(=O)OC[C@@H](COC(=O)CCCC/C=C\C/C=C\C/C=C\CCCCC)OC(=O)CCCCCCCCC/C=C\C/C=C\CCCCC. The number of hydrogen-bond acceptors (Lipinski definition) is 6. The third-order valence-electron chi connectivity index (χ3n) is 12.0. The van der Waals surface area contributed by atoms with Crippen LogP contribution in [0.1, 0.15) is 265 Å². The first-order valence-corrected chi connectivity index (χ1v) is 28.7. The minimum absolute atomic E-state index is 0.100. The molecule has 0 saturated carbocycles. The van der Waals surface area contributed by atoms with Gasteiger partial charge in [-0.1, -0.05) is 214 Å². The molecule has 0 aliphatic heterocycles. The van der Waals surface area contributed by atoms with Crippen molar-refractivity contribution in [3.05, 3.63) is 97.2 Å². The first kappa shape index (κ1) is 65.3. The maximum absolute atomic E-state index is 12.9. The highest BCUT2D eigenvalue weighted by Gasteiger charge is 2.19. The third-order valence-corrected chi connectivity index (χ3v) is 12.0. The van der Waals surface area contributed by atoms with E-state index >= 15 is 0 Å². The van der Waals surface area contributed by atoms with Crippen LogP contribution in [0.4, 0.5) is 0 Å². The van der Waals surface area contributed by atoms with E-state index in [4.69, 9.17) is 14.2 Å². The largest absolute Gasteiger partial charge is 0.462 e. The van der Waals surface area contributed by atoms with Gasteiger partial charge in [-0.25, -0.2) is 0 Å². The van der Waals surface area contributed by atoms with E-state index in [1.54, 1.807) is 0 Å². The maximum Gasteiger partial charge on any atom is 0.306 e. The zero-order chi connectivity index (χ0) is 50.0. The predicted octanol–water partition coefficient (Wildman–Crippen LogP) is 19.3. The van der Waals surface area contributed by atoms with Crippen molar-refractivity contribution in [2.75, 3.05) is 13.2 Å². The smallest absolute Gasteiger partial charge is 0.306 e. The maximum atomic E-state index is 12.9. The quantitative estimate of drug-likeness (QED) is 0.0262. The van der Waals surface area contributed by atoms with Gasteiger partial charge in [0.15, 0.2) is 6.10 Å². The van der Waals surface area contributed by atoms with Crippen LogP contribution in [-0.4, -0.2) is 37.2 Å². The Balaban J connectivity index is 4.48. The monoisotopic (exact) mass is 959 g/mol. The molecule has 0 spiro atoms. The van der Waals surface area contributed by atoms with Crippen LogP contribution in [0.5, 0.6) is 0 Å². The Morgan fingerprint density at radius 2 is 0.522 bits per heavy atom. The normalized spacial score (nSPS) is 12.8. The highest BCUT2D eigenvalue weighted by molar-refractivity contribution is 5.71. The second kappa shape index (κ2) is 56.9. The van der Waals surface area contributed by atoms with Crippen molar-refractivity contribution >= 4 is 17.9 Å². The molecule has 6 heteroatoms. The van der Waals surface area contributed by atoms with Gasteiger partial charge in [-0.2, -0.15) is 0 Å². The Kier molecular flexibility index (Phi) is 53.9. The lowest BCUT2D eigenvalue weighted by Crippen LogP contribution is -2.30. The molecule has 0 heterocycles. The zero-order valence-electron chi connectivity index (χ0n) is 45.0. The highest BCUT2D eigenvalue weighted by Crippen LogP contribution is 2.14. The second-order valence-corrected chi connectivity index (χ2v) is 18.8. The summed E-state index contributed by atoms with van der Waals surface area (Å²) in [6, 6.07) is 0. The molecular weight excluding hydrogens is 853 g/mol. The van der Waals surface area contributed by atoms with E-state index < -0.39 is 6.10 Å². The lowest BCUT2D eigenvalue weighted by molar-refractivity contribution is -0.167. The lowest BCUT2D eigenvalue weighted by atomic mass is 10.1. The fourth-order valence-electron chi connectivity index (χ4n) is 7.66. The van der Waals surface area contributed by atoms with Crippen LogP contribution in [0.25, 0.3) is 0 Å². The molecular formula is C63H106O6. The van der Waals surface area contributed by atoms with E-state index in [2.05, 4.69) is 118 Å². The fourth-order valence-corrected chi connectivity index (χ4v) is 7.66. The average Bonchev–Trinajstić information content (AvgIpc) is 3.35. The van der Waals surface area contributed by atoms with Crippen LogP contribution >= 0.6 is 0 Å². The molecule has 0 bridgehead atoms. The number of allylic oxidation sites excluding steroid dienone is 16. The summed E-state index contributed by atoms with van der Waals surface area (Å²) in [4.78, 5) is 38.2. The third kappa shape index (κ3) is 55.1. The van der Waals surface area contributed by atoms with Gasteiger partial charge in [-0.15, -0.1) is 0 Å². The van der Waals surface area contributed by atoms with E-state index in [0.29, 0.717) is 19.3 Å². The van der Waals surface area contributed by atoms with Crippen molar-refractivity contribution in [3.8, 4) is 0 Å². The van der Waals surface area contributed by atoms with Crippen LogP contribution in [0, 0.1) is 0 Å². The van der Waals surface area contributed by atoms with Gasteiger partial charge in [-0.05, 0) is 128 Å². The van der Waals surface area contributed by atoms with Crippen molar-refractivity contribution in [2.24, 2.45) is 0 Å². The Morgan fingerprint density at radius 3 is 0.841 bits per heavy atom. The Bertz CT molecular complexity index is 1380. The summed E-state index contributed by atoms with van der Waals surface area (Å²) in [5.41, 5.74) is 0. The fraction of sp³-hybridized carbons (Fsp3) is 0.698. The number of esters is 3. The number of unbranched alkanes of at least 4 members (excludes halogenated alkanes) is 24. The van der Waals surface area contributed by atoms with E-state index in [-0.39, 0.29) is 31.1 Å². The molecule has 0 aromatic carbocycles. The molecule has 69 heavy (non-hydrogen) atoms. The van der Waals surface area contributed by atoms with Gasteiger partial charge < -0.3 is 14.2 Å². The van der Waals surface area contributed by atoms with Gasteiger partial charge in [0.2, 0.25) is 0 Å². The number of rotatable bonds is 51. The van der Waals surface area contributed by atoms with E-state index in [1.165, 1.54) is 116 Å². The number of carbonyl (C=O) groups excluding carboxylic acids is 3. The standard InChI is InChI=1S/C63H106O6/c1-4-7-10-13-16-19-22-25-28-30-31-33-35-38-41-44-47-50-53-56-62(65)68-59-60(58-67-61(64)55-52-49-46-43-40-37-34-27-24-21-18-15-12-9-6-3)69-63(66)57-54-51-48-45-42-39-36-32-29-26-23-20-17-14-11-8-5-2/h16-21,25-29,31,33-34,40,43,60H,4-15,22-24,30,32,35-39,41-42,44-59H2,1-3H3/b19-16-,20-17-,21-18-,28-25-,29-26-,33-31-,34-27-,43-40-/t60-/m1/s1. The van der Waals surface area contributed by atoms with E-state index in [1.807, 2.05) is 0 Å². The van der Waals surface area contributed by atoms with Gasteiger partial charge in [0, 0.05) is 19.3 Å². The summed E-state index contributed by atoms with van der Waals surface area (Å²) >= 11 is 0. The molecule has 0 saturated heterocycles. The van der Waals surface area contributed by atoms with Crippen LogP contribution in [0.15, 0.2) is 97.2 Å². The molecule has 0 aromatic heterocycles. The minimum Gasteiger partial charge on any atom is -0.462 e. The van der Waals surface area contributed by atoms with Crippen molar-refractivity contribution in [3.63, 3.8) is 0 Å². The summed E-state index contributed by atoms with van der Waals surface area (Å²) in [5.74, 6) is -0.957. The predicted molar refractivity (Wildman–Crippen MR) is 297 cm³/mol. The molecule has 394 valence electrons. The summed E-state index contributed by atoms with van der Waals surface area (Å²) < 4.78 is 16.8. The average molecular weight is 960 g/mol. The van der Waals surface area contributed by atoms with Crippen LogP contribution in [-0.2, 0) is 28.6 Å². The Hall–Kier alpha value is -3.67. The van der Waals surface area contributed by atoms with E-state index in [9.17, 15) is 14.4 Å². The molecule has 0 fully saturated rings.